The van der Waals surface area contributed by atoms with Crippen LogP contribution in [0.2, 0.25) is 0 Å². The molecule has 6 heteroatoms. The van der Waals surface area contributed by atoms with Crippen LogP contribution >= 0.6 is 0 Å². The van der Waals surface area contributed by atoms with Gasteiger partial charge in [0, 0.05) is 29.2 Å². The normalized spacial score (nSPS) is 11.7. The molecule has 0 atom stereocenters. The van der Waals surface area contributed by atoms with Crippen molar-refractivity contribution >= 4 is 16.7 Å². The van der Waals surface area contributed by atoms with E-state index < -0.39 is 13.0 Å². The minimum Gasteiger partial charge on any atom is -0.395 e. The number of carbonyl (C=O) groups excluding carboxylic acids is 1. The standard InChI is InChI=1S/C14H16F2N2O2/c15-14(16)9-18(5-6-19)8-13(20)11-7-17-12-4-2-1-3-10(11)12/h1-4,7,14,17,19H,5-6,8-9H2. The second-order valence-corrected chi connectivity index (χ2v) is 4.52. The minimum atomic E-state index is -2.53. The molecule has 0 aliphatic carbocycles. The van der Waals surface area contributed by atoms with Crippen molar-refractivity contribution in [3.63, 3.8) is 0 Å². The SMILES string of the molecule is O=C(CN(CCO)CC(F)F)c1c[nH]c2ccccc12. The quantitative estimate of drug-likeness (QED) is 0.763. The number of carbonyl (C=O) groups is 1. The maximum absolute atomic E-state index is 12.4. The van der Waals surface area contributed by atoms with Gasteiger partial charge >= 0.3 is 0 Å². The van der Waals surface area contributed by atoms with Crippen LogP contribution in [0.3, 0.4) is 0 Å². The average Bonchev–Trinajstić information content (AvgIpc) is 2.82. The summed E-state index contributed by atoms with van der Waals surface area (Å²) in [6.45, 7) is -0.853. The molecule has 0 fully saturated rings. The first-order valence-electron chi connectivity index (χ1n) is 6.32. The lowest BCUT2D eigenvalue weighted by Gasteiger charge is -2.19. The number of hydrogen-bond acceptors (Lipinski definition) is 3. The van der Waals surface area contributed by atoms with Gasteiger partial charge in [-0.05, 0) is 6.07 Å². The number of ketones is 1. The molecule has 4 nitrogen and oxygen atoms in total. The summed E-state index contributed by atoms with van der Waals surface area (Å²) in [7, 11) is 0. The van der Waals surface area contributed by atoms with Gasteiger partial charge in [-0.2, -0.15) is 0 Å². The largest absolute Gasteiger partial charge is 0.395 e. The number of aromatic amines is 1. The van der Waals surface area contributed by atoms with Gasteiger partial charge < -0.3 is 10.1 Å². The molecule has 2 aromatic rings. The third-order valence-electron chi connectivity index (χ3n) is 3.07. The number of aromatic nitrogens is 1. The molecular weight excluding hydrogens is 266 g/mol. The van der Waals surface area contributed by atoms with Crippen LogP contribution in [0.4, 0.5) is 8.78 Å². The Kier molecular flexibility index (Phi) is 4.81. The number of aliphatic hydroxyl groups is 1. The van der Waals surface area contributed by atoms with Crippen molar-refractivity contribution in [2.24, 2.45) is 0 Å². The topological polar surface area (TPSA) is 56.3 Å². The summed E-state index contributed by atoms with van der Waals surface area (Å²) >= 11 is 0. The van der Waals surface area contributed by atoms with E-state index in [0.717, 1.165) is 10.9 Å². The fourth-order valence-corrected chi connectivity index (χ4v) is 2.16. The molecule has 2 N–H and O–H groups in total. The molecular formula is C14H16F2N2O2. The molecule has 108 valence electrons. The van der Waals surface area contributed by atoms with Crippen molar-refractivity contribution in [2.45, 2.75) is 6.43 Å². The molecule has 2 rings (SSSR count). The molecule has 0 saturated heterocycles. The van der Waals surface area contributed by atoms with E-state index in [-0.39, 0.29) is 25.5 Å². The summed E-state index contributed by atoms with van der Waals surface area (Å²) in [5.74, 6) is -0.239. The second kappa shape index (κ2) is 6.58. The Hall–Kier alpha value is -1.79. The summed E-state index contributed by atoms with van der Waals surface area (Å²) in [5.41, 5.74) is 1.32. The van der Waals surface area contributed by atoms with E-state index in [2.05, 4.69) is 4.98 Å². The van der Waals surface area contributed by atoms with Crippen molar-refractivity contribution in [3.8, 4) is 0 Å². The number of para-hydroxylation sites is 1. The average molecular weight is 282 g/mol. The van der Waals surface area contributed by atoms with E-state index in [0.29, 0.717) is 5.56 Å². The summed E-state index contributed by atoms with van der Waals surface area (Å²) in [6, 6.07) is 7.32. The van der Waals surface area contributed by atoms with Crippen LogP contribution in [0.1, 0.15) is 10.4 Å². The lowest BCUT2D eigenvalue weighted by atomic mass is 10.1. The Morgan fingerprint density at radius 2 is 2.10 bits per heavy atom. The van der Waals surface area contributed by atoms with Gasteiger partial charge in [0.1, 0.15) is 0 Å². The summed E-state index contributed by atoms with van der Waals surface area (Å²) in [5, 5.41) is 9.64. The third kappa shape index (κ3) is 3.40. The van der Waals surface area contributed by atoms with Gasteiger partial charge in [0.25, 0.3) is 6.43 Å². The van der Waals surface area contributed by atoms with Crippen LogP contribution < -0.4 is 0 Å². The number of aliphatic hydroxyl groups excluding tert-OH is 1. The number of nitrogens with one attached hydrogen (secondary N) is 1. The van der Waals surface area contributed by atoms with Gasteiger partial charge in [-0.25, -0.2) is 8.78 Å². The second-order valence-electron chi connectivity index (χ2n) is 4.52. The lowest BCUT2D eigenvalue weighted by molar-refractivity contribution is 0.0690. The van der Waals surface area contributed by atoms with Gasteiger partial charge in [0.15, 0.2) is 5.78 Å². The van der Waals surface area contributed by atoms with E-state index >= 15 is 0 Å². The molecule has 0 radical (unpaired) electrons. The number of rotatable bonds is 7. The minimum absolute atomic E-state index is 0.0540. The lowest BCUT2D eigenvalue weighted by Crippen LogP contribution is -2.36. The summed E-state index contributed by atoms with van der Waals surface area (Å²) < 4.78 is 24.8. The highest BCUT2D eigenvalue weighted by atomic mass is 19.3. The zero-order chi connectivity index (χ0) is 14.5. The smallest absolute Gasteiger partial charge is 0.251 e. The van der Waals surface area contributed by atoms with Crippen LogP contribution in [0.25, 0.3) is 10.9 Å². The molecule has 0 aliphatic heterocycles. The van der Waals surface area contributed by atoms with Gasteiger partial charge in [0.2, 0.25) is 0 Å². The Balaban J connectivity index is 2.13. The van der Waals surface area contributed by atoms with Gasteiger partial charge in [-0.3, -0.25) is 9.69 Å². The molecule has 0 spiro atoms. The predicted octanol–water partition coefficient (Wildman–Crippen LogP) is 1.91. The number of hydrogen-bond donors (Lipinski definition) is 2. The number of benzene rings is 1. The number of Topliss-reactive ketones (excluding diaryl/α,β-unsaturated/α-hetero) is 1. The van der Waals surface area contributed by atoms with E-state index in [9.17, 15) is 13.6 Å². The van der Waals surface area contributed by atoms with Crippen LogP contribution in [0, 0.1) is 0 Å². The first-order chi connectivity index (χ1) is 9.61. The molecule has 20 heavy (non-hydrogen) atoms. The van der Waals surface area contributed by atoms with Crippen LogP contribution in [0.15, 0.2) is 30.5 Å². The molecule has 1 aromatic heterocycles. The summed E-state index contributed by atoms with van der Waals surface area (Å²) in [4.78, 5) is 16.4. The maximum atomic E-state index is 12.4. The number of alkyl halides is 2. The van der Waals surface area contributed by atoms with Gasteiger partial charge in [-0.15, -0.1) is 0 Å². The molecule has 0 bridgehead atoms. The monoisotopic (exact) mass is 282 g/mol. The summed E-state index contributed by atoms with van der Waals surface area (Å²) in [6.07, 6.45) is -0.940. The highest BCUT2D eigenvalue weighted by Gasteiger charge is 2.18. The van der Waals surface area contributed by atoms with Gasteiger partial charge in [0.05, 0.1) is 19.7 Å². The predicted molar refractivity (Wildman–Crippen MR) is 72.2 cm³/mol. The van der Waals surface area contributed by atoms with Crippen LogP contribution in [-0.2, 0) is 0 Å². The molecule has 0 aliphatic rings. The first-order valence-corrected chi connectivity index (χ1v) is 6.32. The Morgan fingerprint density at radius 1 is 1.35 bits per heavy atom. The fourth-order valence-electron chi connectivity index (χ4n) is 2.16. The molecule has 0 amide bonds. The third-order valence-corrected chi connectivity index (χ3v) is 3.07. The number of H-pyrrole nitrogens is 1. The zero-order valence-electron chi connectivity index (χ0n) is 10.9. The molecule has 1 aromatic carbocycles. The van der Waals surface area contributed by atoms with Crippen LogP contribution in [-0.4, -0.2) is 53.4 Å². The molecule has 0 saturated carbocycles. The maximum Gasteiger partial charge on any atom is 0.251 e. The van der Waals surface area contributed by atoms with Crippen molar-refractivity contribution in [2.75, 3.05) is 26.2 Å². The van der Waals surface area contributed by atoms with Crippen LogP contribution in [0.5, 0.6) is 0 Å². The highest BCUT2D eigenvalue weighted by molar-refractivity contribution is 6.08. The zero-order valence-corrected chi connectivity index (χ0v) is 10.9. The molecule has 1 heterocycles. The van der Waals surface area contributed by atoms with E-state index in [1.807, 2.05) is 24.3 Å². The number of fused-ring (bicyclic) bond motifs is 1. The van der Waals surface area contributed by atoms with Crippen molar-refractivity contribution in [1.29, 1.82) is 0 Å². The van der Waals surface area contributed by atoms with E-state index in [1.54, 1.807) is 6.20 Å². The molecule has 0 unspecified atom stereocenters. The Labute approximate surface area is 115 Å². The van der Waals surface area contributed by atoms with Crippen molar-refractivity contribution < 1.29 is 18.7 Å². The first kappa shape index (κ1) is 14.6. The van der Waals surface area contributed by atoms with E-state index in [4.69, 9.17) is 5.11 Å². The van der Waals surface area contributed by atoms with Crippen molar-refractivity contribution in [3.05, 3.63) is 36.0 Å². The fraction of sp³-hybridized carbons (Fsp3) is 0.357. The number of halogens is 2. The highest BCUT2D eigenvalue weighted by Crippen LogP contribution is 2.18. The Morgan fingerprint density at radius 3 is 2.80 bits per heavy atom. The Bertz CT molecular complexity index is 583. The van der Waals surface area contributed by atoms with E-state index in [1.165, 1.54) is 4.90 Å². The van der Waals surface area contributed by atoms with Gasteiger partial charge in [-0.1, -0.05) is 18.2 Å². The number of nitrogens with zero attached hydrogens (tertiary/aromatic N) is 1. The van der Waals surface area contributed by atoms with Crippen molar-refractivity contribution in [1.82, 2.24) is 9.88 Å².